The maximum Gasteiger partial charge on any atom is 0.408 e. The first-order chi connectivity index (χ1) is 22.2. The molecule has 1 unspecified atom stereocenters. The van der Waals surface area contributed by atoms with E-state index >= 15 is 8.78 Å². The molecule has 3 aromatic rings. The summed E-state index contributed by atoms with van der Waals surface area (Å²) in [5, 5.41) is 7.04. The van der Waals surface area contributed by atoms with Gasteiger partial charge in [-0.05, 0) is 34.7 Å². The normalized spacial score (nSPS) is 12.9. The Morgan fingerprint density at radius 1 is 0.766 bits per heavy atom. The zero-order chi connectivity index (χ0) is 34.6. The molecule has 9 nitrogen and oxygen atoms in total. The average Bonchev–Trinajstić information content (AvgIpc) is 3.04. The molecule has 0 aliphatic heterocycles. The number of ether oxygens (including phenoxy) is 2. The lowest BCUT2D eigenvalue weighted by atomic mass is 9.96. The van der Waals surface area contributed by atoms with Crippen molar-refractivity contribution in [3.05, 3.63) is 102 Å². The Balaban J connectivity index is 1.77. The van der Waals surface area contributed by atoms with Gasteiger partial charge in [0.25, 0.3) is 5.91 Å². The van der Waals surface area contributed by atoms with E-state index in [1.807, 2.05) is 56.0 Å². The summed E-state index contributed by atoms with van der Waals surface area (Å²) >= 11 is 0. The number of carbonyl (C=O) groups excluding carboxylic acids is 4. The summed E-state index contributed by atoms with van der Waals surface area (Å²) in [5.41, 5.74) is 2.12. The van der Waals surface area contributed by atoms with Gasteiger partial charge in [0, 0.05) is 12.6 Å². The smallest absolute Gasteiger partial charge is 0.408 e. The Morgan fingerprint density at radius 2 is 1.32 bits per heavy atom. The van der Waals surface area contributed by atoms with E-state index in [9.17, 15) is 19.2 Å². The summed E-state index contributed by atoms with van der Waals surface area (Å²) in [6.07, 6.45) is -1.20. The first-order valence-electron chi connectivity index (χ1n) is 15.4. The van der Waals surface area contributed by atoms with Crippen molar-refractivity contribution >= 4 is 31.8 Å². The van der Waals surface area contributed by atoms with Crippen molar-refractivity contribution in [2.45, 2.75) is 71.1 Å². The summed E-state index contributed by atoms with van der Waals surface area (Å²) in [5.74, 6) is -8.79. The number of hydrogen-bond acceptors (Lipinski definition) is 6. The third-order valence-electron chi connectivity index (χ3n) is 7.05. The fraction of sp³-hybridized carbons (Fsp3) is 0.371. The number of benzene rings is 3. The van der Waals surface area contributed by atoms with Gasteiger partial charge in [-0.25, -0.2) is 4.79 Å². The molecule has 0 heterocycles. The van der Waals surface area contributed by atoms with Crippen LogP contribution in [0.4, 0.5) is 13.6 Å². The van der Waals surface area contributed by atoms with Crippen LogP contribution < -0.4 is 20.7 Å². The van der Waals surface area contributed by atoms with E-state index in [0.29, 0.717) is 17.9 Å². The van der Waals surface area contributed by atoms with Gasteiger partial charge in [-0.3, -0.25) is 14.4 Å². The largest absolute Gasteiger partial charge is 0.489 e. The maximum absolute atomic E-state index is 15.3. The number of halogens is 2. The minimum atomic E-state index is -4.42. The highest BCUT2D eigenvalue weighted by molar-refractivity contribution is 6.76. The third-order valence-corrected chi connectivity index (χ3v) is 8.29. The molecule has 0 fully saturated rings. The Labute approximate surface area is 275 Å². The van der Waals surface area contributed by atoms with E-state index < -0.39 is 55.7 Å². The number of ketones is 1. The molecule has 47 heavy (non-hydrogen) atoms. The van der Waals surface area contributed by atoms with Gasteiger partial charge in [0.05, 0.1) is 14.1 Å². The van der Waals surface area contributed by atoms with E-state index in [1.165, 1.54) is 0 Å². The monoisotopic (exact) mass is 667 g/mol. The minimum absolute atomic E-state index is 0.0423. The first-order valence-corrected chi connectivity index (χ1v) is 19.1. The molecule has 2 atom stereocenters. The van der Waals surface area contributed by atoms with Crippen LogP contribution in [0.2, 0.25) is 19.6 Å². The van der Waals surface area contributed by atoms with Crippen molar-refractivity contribution in [2.75, 3.05) is 6.17 Å². The van der Waals surface area contributed by atoms with Crippen LogP contribution in [-0.2, 0) is 38.8 Å². The highest BCUT2D eigenvalue weighted by Gasteiger charge is 2.51. The van der Waals surface area contributed by atoms with Crippen molar-refractivity contribution in [1.82, 2.24) is 16.0 Å². The molecule has 0 aromatic heterocycles. The summed E-state index contributed by atoms with van der Waals surface area (Å²) in [6.45, 7) is 9.20. The lowest BCUT2D eigenvalue weighted by Gasteiger charge is -2.27. The van der Waals surface area contributed by atoms with Crippen LogP contribution in [0.15, 0.2) is 84.9 Å². The summed E-state index contributed by atoms with van der Waals surface area (Å²) in [7, 11) is -1.96. The average molecular weight is 668 g/mol. The second-order valence-electron chi connectivity index (χ2n) is 12.8. The summed E-state index contributed by atoms with van der Waals surface area (Å²) < 4.78 is 41.7. The molecule has 252 valence electrons. The number of rotatable bonds is 16. The molecule has 3 rings (SSSR count). The van der Waals surface area contributed by atoms with Crippen molar-refractivity contribution < 1.29 is 37.4 Å². The predicted molar refractivity (Wildman–Crippen MR) is 178 cm³/mol. The number of carbonyl (C=O) groups is 4. The molecular formula is C35H43F2N3O6Si. The highest BCUT2D eigenvalue weighted by Crippen LogP contribution is 2.22. The number of Topliss-reactive ketones (excluding diaryl/α,β-unsaturated/α-hetero) is 1. The Hall–Kier alpha value is -4.58. The van der Waals surface area contributed by atoms with Crippen molar-refractivity contribution in [3.63, 3.8) is 0 Å². The van der Waals surface area contributed by atoms with Crippen LogP contribution in [0.1, 0.15) is 30.5 Å². The lowest BCUT2D eigenvalue weighted by molar-refractivity contribution is -0.160. The van der Waals surface area contributed by atoms with E-state index in [0.717, 1.165) is 11.1 Å². The molecule has 0 saturated heterocycles. The van der Waals surface area contributed by atoms with Gasteiger partial charge in [-0.1, -0.05) is 106 Å². The summed E-state index contributed by atoms with van der Waals surface area (Å²) in [4.78, 5) is 51.9. The molecule has 0 saturated carbocycles. The maximum atomic E-state index is 15.3. The van der Waals surface area contributed by atoms with Crippen molar-refractivity contribution in [1.29, 1.82) is 0 Å². The van der Waals surface area contributed by atoms with Gasteiger partial charge in [0.2, 0.25) is 11.7 Å². The Kier molecular flexibility index (Phi) is 13.2. The molecule has 0 aliphatic carbocycles. The van der Waals surface area contributed by atoms with Crippen LogP contribution in [0.3, 0.4) is 0 Å². The number of alkyl carbamates (subject to hydrolysis) is 1. The third kappa shape index (κ3) is 11.9. The van der Waals surface area contributed by atoms with Gasteiger partial charge >= 0.3 is 12.0 Å². The molecule has 3 N–H and O–H groups in total. The molecule has 0 radical (unpaired) electrons. The number of alkyl halides is 2. The summed E-state index contributed by atoms with van der Waals surface area (Å²) in [6, 6.07) is 21.8. The highest BCUT2D eigenvalue weighted by atomic mass is 28.3. The molecular weight excluding hydrogens is 624 g/mol. The molecule has 0 aliphatic rings. The van der Waals surface area contributed by atoms with Crippen LogP contribution in [-0.4, -0.2) is 55.9 Å². The Bertz CT molecular complexity index is 1480. The van der Waals surface area contributed by atoms with E-state index in [4.69, 9.17) is 9.47 Å². The fourth-order valence-electron chi connectivity index (χ4n) is 4.38. The lowest BCUT2D eigenvalue weighted by Crippen LogP contribution is -2.59. The molecule has 3 amide bonds. The Morgan fingerprint density at radius 3 is 1.85 bits per heavy atom. The number of nitrogens with one attached hydrogen (secondary N) is 3. The molecule has 3 aromatic carbocycles. The zero-order valence-corrected chi connectivity index (χ0v) is 28.3. The van der Waals surface area contributed by atoms with Crippen LogP contribution in [0.25, 0.3) is 0 Å². The minimum Gasteiger partial charge on any atom is -0.489 e. The quantitative estimate of drug-likeness (QED) is 0.138. The number of amides is 3. The SMILES string of the molecule is CC(C)[C@H](NC(=O)OCc1ccccc1)C(=O)NC(Cc1ccc(OCc2ccccc2)cc1)C(=O)C(F)(F)C(=O)NC[Si](C)(C)C. The van der Waals surface area contributed by atoms with Gasteiger partial charge in [-0.2, -0.15) is 8.78 Å². The van der Waals surface area contributed by atoms with Gasteiger partial charge < -0.3 is 25.4 Å². The van der Waals surface area contributed by atoms with E-state index in [2.05, 4.69) is 16.0 Å². The number of hydrogen-bond donors (Lipinski definition) is 3. The van der Waals surface area contributed by atoms with Gasteiger partial charge in [-0.15, -0.1) is 0 Å². The second-order valence-corrected chi connectivity index (χ2v) is 18.3. The second kappa shape index (κ2) is 16.8. The van der Waals surface area contributed by atoms with E-state index in [1.54, 1.807) is 62.4 Å². The topological polar surface area (TPSA) is 123 Å². The van der Waals surface area contributed by atoms with Crippen LogP contribution in [0.5, 0.6) is 5.75 Å². The van der Waals surface area contributed by atoms with Crippen LogP contribution in [0, 0.1) is 5.92 Å². The standard InChI is InChI=1S/C35H43F2N3O6Si/c1-24(2)30(40-34(44)46-22-27-14-10-7-11-15-27)32(42)39-29(31(41)35(36,37)33(43)38-23-47(3,4)5)20-25-16-18-28(19-17-25)45-21-26-12-8-6-9-13-26/h6-19,24,29-30H,20-23H2,1-5H3,(H,38,43)(H,39,42)(H,40,44)/t29?,30-/m0/s1. The first kappa shape index (κ1) is 36.9. The molecule has 0 spiro atoms. The fourth-order valence-corrected chi connectivity index (χ4v) is 5.07. The van der Waals surface area contributed by atoms with Crippen molar-refractivity contribution in [3.8, 4) is 5.75 Å². The van der Waals surface area contributed by atoms with Gasteiger partial charge in [0.15, 0.2) is 0 Å². The van der Waals surface area contributed by atoms with Crippen LogP contribution >= 0.6 is 0 Å². The van der Waals surface area contributed by atoms with Gasteiger partial charge in [0.1, 0.15) is 25.0 Å². The van der Waals surface area contributed by atoms with E-state index in [-0.39, 0.29) is 19.2 Å². The molecule has 12 heteroatoms. The molecule has 0 bridgehead atoms. The zero-order valence-electron chi connectivity index (χ0n) is 27.3. The predicted octanol–water partition coefficient (Wildman–Crippen LogP) is 5.44. The van der Waals surface area contributed by atoms with Crippen molar-refractivity contribution in [2.24, 2.45) is 5.92 Å².